The first-order valence-corrected chi connectivity index (χ1v) is 9.68. The molecule has 0 saturated carbocycles. The van der Waals surface area contributed by atoms with Crippen LogP contribution in [0.25, 0.3) is 17.0 Å². The Kier molecular flexibility index (Phi) is 4.46. The molecule has 0 unspecified atom stereocenters. The molecule has 2 amide bonds. The van der Waals surface area contributed by atoms with Gasteiger partial charge in [0.05, 0.1) is 11.4 Å². The zero-order chi connectivity index (χ0) is 18.3. The maximum Gasteiger partial charge on any atom is 0.293 e. The van der Waals surface area contributed by atoms with Crippen molar-refractivity contribution < 1.29 is 9.59 Å². The molecule has 2 aromatic carbocycles. The Labute approximate surface area is 163 Å². The van der Waals surface area contributed by atoms with Gasteiger partial charge >= 0.3 is 0 Å². The van der Waals surface area contributed by atoms with E-state index in [9.17, 15) is 9.59 Å². The minimum atomic E-state index is -0.243. The zero-order valence-corrected chi connectivity index (χ0v) is 16.4. The molecule has 130 valence electrons. The summed E-state index contributed by atoms with van der Waals surface area (Å²) in [5.41, 5.74) is 2.94. The number of fused-ring (bicyclic) bond motifs is 1. The number of carbonyl (C=O) groups excluding carboxylic acids is 2. The van der Waals surface area contributed by atoms with Crippen molar-refractivity contribution in [2.75, 3.05) is 0 Å². The lowest BCUT2D eigenvalue weighted by molar-refractivity contribution is -0.123. The molecule has 1 saturated heterocycles. The molecule has 26 heavy (non-hydrogen) atoms. The highest BCUT2D eigenvalue weighted by Gasteiger charge is 2.35. The van der Waals surface area contributed by atoms with Crippen LogP contribution in [0, 0.1) is 0 Å². The van der Waals surface area contributed by atoms with Gasteiger partial charge in [-0.05, 0) is 41.6 Å². The predicted molar refractivity (Wildman–Crippen MR) is 109 cm³/mol. The molecule has 1 fully saturated rings. The van der Waals surface area contributed by atoms with E-state index in [4.69, 9.17) is 0 Å². The number of carbonyl (C=O) groups is 2. The van der Waals surface area contributed by atoms with E-state index in [0.717, 1.165) is 38.3 Å². The number of halogens is 1. The monoisotopic (exact) mass is 426 g/mol. The van der Waals surface area contributed by atoms with Crippen molar-refractivity contribution in [2.45, 2.75) is 6.54 Å². The second kappa shape index (κ2) is 6.78. The summed E-state index contributed by atoms with van der Waals surface area (Å²) < 4.78 is 2.95. The van der Waals surface area contributed by atoms with Crippen LogP contribution in [0.4, 0.5) is 4.79 Å². The molecule has 0 atom stereocenters. The molecule has 2 heterocycles. The molecule has 0 N–H and O–H groups in total. The van der Waals surface area contributed by atoms with Gasteiger partial charge in [-0.2, -0.15) is 0 Å². The Morgan fingerprint density at radius 1 is 1.12 bits per heavy atom. The minimum Gasteiger partial charge on any atom is -0.350 e. The summed E-state index contributed by atoms with van der Waals surface area (Å²) in [6.07, 6.45) is 3.79. The summed E-state index contributed by atoms with van der Waals surface area (Å²) >= 11 is 4.41. The summed E-state index contributed by atoms with van der Waals surface area (Å²) in [7, 11) is 1.97. The molecule has 4 nitrogen and oxygen atoms in total. The molecule has 0 bridgehead atoms. The van der Waals surface area contributed by atoms with Crippen molar-refractivity contribution in [1.82, 2.24) is 9.47 Å². The number of hydrogen-bond acceptors (Lipinski definition) is 3. The fraction of sp³-hybridized carbons (Fsp3) is 0.100. The highest BCUT2D eigenvalue weighted by atomic mass is 79.9. The highest BCUT2D eigenvalue weighted by molar-refractivity contribution is 9.10. The number of nitrogens with zero attached hydrogens (tertiary/aromatic N) is 2. The highest BCUT2D eigenvalue weighted by Crippen LogP contribution is 2.35. The lowest BCUT2D eigenvalue weighted by Crippen LogP contribution is -2.27. The smallest absolute Gasteiger partial charge is 0.293 e. The number of imide groups is 1. The summed E-state index contributed by atoms with van der Waals surface area (Å²) in [6.45, 7) is 0.275. The maximum atomic E-state index is 12.7. The Morgan fingerprint density at radius 2 is 1.92 bits per heavy atom. The molecule has 6 heteroatoms. The van der Waals surface area contributed by atoms with Crippen molar-refractivity contribution in [3.8, 4) is 0 Å². The summed E-state index contributed by atoms with van der Waals surface area (Å²) in [4.78, 5) is 26.9. The second-order valence-corrected chi connectivity index (χ2v) is 8.02. The normalized spacial score (nSPS) is 16.2. The number of para-hydroxylation sites is 1. The first-order chi connectivity index (χ1) is 12.5. The van der Waals surface area contributed by atoms with Crippen molar-refractivity contribution in [3.05, 3.63) is 75.2 Å². The lowest BCUT2D eigenvalue weighted by Gasteiger charge is -2.12. The second-order valence-electron chi connectivity index (χ2n) is 6.11. The summed E-state index contributed by atoms with van der Waals surface area (Å²) in [5.74, 6) is -0.243. The van der Waals surface area contributed by atoms with E-state index in [1.54, 1.807) is 0 Å². The topological polar surface area (TPSA) is 42.3 Å². The molecular formula is C20H15BrN2O2S. The van der Waals surface area contributed by atoms with E-state index in [1.165, 1.54) is 4.90 Å². The largest absolute Gasteiger partial charge is 0.350 e. The van der Waals surface area contributed by atoms with Gasteiger partial charge in [-0.3, -0.25) is 14.5 Å². The van der Waals surface area contributed by atoms with Gasteiger partial charge in [0.2, 0.25) is 0 Å². The van der Waals surface area contributed by atoms with Crippen molar-refractivity contribution >= 4 is 55.8 Å². The van der Waals surface area contributed by atoms with Crippen molar-refractivity contribution in [3.63, 3.8) is 0 Å². The van der Waals surface area contributed by atoms with E-state index in [-0.39, 0.29) is 17.7 Å². The Bertz CT molecular complexity index is 1070. The molecule has 1 aliphatic rings. The van der Waals surface area contributed by atoms with Gasteiger partial charge in [0.15, 0.2) is 0 Å². The van der Waals surface area contributed by atoms with Crippen LogP contribution < -0.4 is 0 Å². The number of aromatic nitrogens is 1. The number of aryl methyl sites for hydroxylation is 1. The van der Waals surface area contributed by atoms with Gasteiger partial charge in [0.25, 0.3) is 11.1 Å². The zero-order valence-electron chi connectivity index (χ0n) is 14.0. The predicted octanol–water partition coefficient (Wildman–Crippen LogP) is 5.18. The summed E-state index contributed by atoms with van der Waals surface area (Å²) in [5, 5.41) is 0.829. The van der Waals surface area contributed by atoms with Gasteiger partial charge < -0.3 is 4.57 Å². The van der Waals surface area contributed by atoms with Crippen LogP contribution in [-0.4, -0.2) is 20.6 Å². The van der Waals surface area contributed by atoms with E-state index in [2.05, 4.69) is 15.9 Å². The number of rotatable bonds is 3. The van der Waals surface area contributed by atoms with Crippen LogP contribution in [0.1, 0.15) is 11.1 Å². The third-order valence-electron chi connectivity index (χ3n) is 4.32. The van der Waals surface area contributed by atoms with Crippen LogP contribution in [0.3, 0.4) is 0 Å². The summed E-state index contributed by atoms with van der Waals surface area (Å²) in [6, 6.07) is 15.6. The molecule has 0 aliphatic carbocycles. The van der Waals surface area contributed by atoms with Crippen molar-refractivity contribution in [2.24, 2.45) is 7.05 Å². The number of hydrogen-bond donors (Lipinski definition) is 0. The molecule has 1 aromatic heterocycles. The van der Waals surface area contributed by atoms with E-state index >= 15 is 0 Å². The fourth-order valence-electron chi connectivity index (χ4n) is 3.08. The minimum absolute atomic E-state index is 0.235. The molecule has 0 radical (unpaired) electrons. The molecule has 3 aromatic rings. The van der Waals surface area contributed by atoms with Crippen LogP contribution in [0.2, 0.25) is 0 Å². The SMILES string of the molecule is Cn1cc(/C=C2/SC(=O)N(Cc3cccc(Br)c3)C2=O)c2ccccc21. The number of amides is 2. The molecule has 0 spiro atoms. The van der Waals surface area contributed by atoms with Crippen LogP contribution in [0.15, 0.2) is 64.1 Å². The quantitative estimate of drug-likeness (QED) is 0.541. The molecular weight excluding hydrogens is 412 g/mol. The van der Waals surface area contributed by atoms with E-state index in [0.29, 0.717) is 4.91 Å². The van der Waals surface area contributed by atoms with Gasteiger partial charge in [0, 0.05) is 34.2 Å². The van der Waals surface area contributed by atoms with Gasteiger partial charge in [0.1, 0.15) is 0 Å². The van der Waals surface area contributed by atoms with E-state index < -0.39 is 0 Å². The van der Waals surface area contributed by atoms with Crippen LogP contribution >= 0.6 is 27.7 Å². The van der Waals surface area contributed by atoms with Crippen LogP contribution in [-0.2, 0) is 18.4 Å². The van der Waals surface area contributed by atoms with Gasteiger partial charge in [-0.15, -0.1) is 0 Å². The first kappa shape index (κ1) is 17.1. The molecule has 4 rings (SSSR count). The van der Waals surface area contributed by atoms with E-state index in [1.807, 2.05) is 72.4 Å². The Hall–Kier alpha value is -2.31. The van der Waals surface area contributed by atoms with Gasteiger partial charge in [-0.1, -0.05) is 46.3 Å². The van der Waals surface area contributed by atoms with Gasteiger partial charge in [-0.25, -0.2) is 0 Å². The average Bonchev–Trinajstić information content (AvgIpc) is 3.07. The average molecular weight is 427 g/mol. The number of benzene rings is 2. The molecule has 1 aliphatic heterocycles. The lowest BCUT2D eigenvalue weighted by atomic mass is 10.1. The maximum absolute atomic E-state index is 12.7. The Morgan fingerprint density at radius 3 is 2.73 bits per heavy atom. The third kappa shape index (κ3) is 3.10. The Balaban J connectivity index is 1.65. The number of thioether (sulfide) groups is 1. The van der Waals surface area contributed by atoms with Crippen molar-refractivity contribution in [1.29, 1.82) is 0 Å². The van der Waals surface area contributed by atoms with Crippen LogP contribution in [0.5, 0.6) is 0 Å². The fourth-order valence-corrected chi connectivity index (χ4v) is 4.36. The first-order valence-electron chi connectivity index (χ1n) is 8.07. The third-order valence-corrected chi connectivity index (χ3v) is 5.72. The standard InChI is InChI=1S/C20H15BrN2O2S/c1-22-12-14(16-7-2-3-8-17(16)22)10-18-19(24)23(20(25)26-18)11-13-5-4-6-15(21)9-13/h2-10,12H,11H2,1H3/b18-10+.